The Bertz CT molecular complexity index is 2230. The zero-order valence-electron chi connectivity index (χ0n) is 32.4. The highest BCUT2D eigenvalue weighted by Crippen LogP contribution is 2.39. The maximum absolute atomic E-state index is 14.5. The van der Waals surface area contributed by atoms with Gasteiger partial charge in [0.05, 0.1) is 34.8 Å². The molecule has 3 amide bonds. The quantitative estimate of drug-likeness (QED) is 0.227. The highest BCUT2D eigenvalue weighted by molar-refractivity contribution is 6.07. The third-order valence-corrected chi connectivity index (χ3v) is 13.1. The van der Waals surface area contributed by atoms with Crippen molar-refractivity contribution in [3.05, 3.63) is 82.8 Å². The van der Waals surface area contributed by atoms with E-state index in [1.165, 1.54) is 30.2 Å². The molecule has 1 aromatic heterocycles. The lowest BCUT2D eigenvalue weighted by molar-refractivity contribution is -0.136. The standard InChI is InChI=1S/C44H49FN8O4/c1-57-38-23-34(22-31-27-53(44(56)41(31)38)37-8-9-39(54)48-43(37)55)51-20-18-49(19-21-51)26-28-10-14-50(15-11-28)33-4-2-29(3-5-33)30-12-16-52(17-13-30)36-7-6-35(45)40-32(24-46)25-47-42(36)40/h2-7,22-23,25,28,30,37,47H,8-21,26-27H2,1H3,(H,48,54,55). The maximum Gasteiger partial charge on any atom is 0.258 e. The number of aromatic amines is 1. The molecule has 0 spiro atoms. The predicted molar refractivity (Wildman–Crippen MR) is 216 cm³/mol. The third kappa shape index (κ3) is 7.05. The number of H-pyrrole nitrogens is 1. The first-order chi connectivity index (χ1) is 27.8. The molecule has 0 saturated carbocycles. The van der Waals surface area contributed by atoms with Crippen LogP contribution in [0.3, 0.4) is 0 Å². The second kappa shape index (κ2) is 15.4. The number of nitrogens with zero attached hydrogens (tertiary/aromatic N) is 6. The van der Waals surface area contributed by atoms with Crippen molar-refractivity contribution < 1.29 is 23.5 Å². The summed E-state index contributed by atoms with van der Waals surface area (Å²) in [7, 11) is 1.58. The number of aromatic nitrogens is 1. The monoisotopic (exact) mass is 772 g/mol. The number of amides is 3. The fraction of sp³-hybridized carbons (Fsp3) is 0.455. The molecule has 13 heteroatoms. The van der Waals surface area contributed by atoms with Crippen LogP contribution in [0.1, 0.15) is 71.5 Å². The summed E-state index contributed by atoms with van der Waals surface area (Å²) in [6.07, 6.45) is 6.56. The van der Waals surface area contributed by atoms with Gasteiger partial charge in [0.15, 0.2) is 0 Å². The van der Waals surface area contributed by atoms with Crippen LogP contribution in [-0.2, 0) is 16.1 Å². The third-order valence-electron chi connectivity index (χ3n) is 13.1. The van der Waals surface area contributed by atoms with E-state index in [-0.39, 0.29) is 24.1 Å². The Morgan fingerprint density at radius 1 is 0.842 bits per heavy atom. The number of anilines is 3. The normalized spacial score (nSPS) is 21.3. The number of ether oxygens (including phenoxy) is 1. The number of carbonyl (C=O) groups is 3. The number of rotatable bonds is 8. The predicted octanol–water partition coefficient (Wildman–Crippen LogP) is 5.37. The Hall–Kier alpha value is -5.61. The molecular weight excluding hydrogens is 724 g/mol. The van der Waals surface area contributed by atoms with Crippen LogP contribution >= 0.6 is 0 Å². The number of fused-ring (bicyclic) bond motifs is 2. The minimum absolute atomic E-state index is 0.218. The number of nitriles is 1. The zero-order valence-corrected chi connectivity index (χ0v) is 32.4. The van der Waals surface area contributed by atoms with Crippen LogP contribution in [0.15, 0.2) is 54.7 Å². The molecule has 6 heterocycles. The summed E-state index contributed by atoms with van der Waals surface area (Å²) in [4.78, 5) is 52.2. The lowest BCUT2D eigenvalue weighted by atomic mass is 9.89. The van der Waals surface area contributed by atoms with Crippen molar-refractivity contribution in [2.75, 3.05) is 80.7 Å². The minimum Gasteiger partial charge on any atom is -0.496 e. The van der Waals surface area contributed by atoms with Gasteiger partial charge >= 0.3 is 0 Å². The van der Waals surface area contributed by atoms with Crippen LogP contribution < -0.4 is 24.8 Å². The number of piperidine rings is 3. The summed E-state index contributed by atoms with van der Waals surface area (Å²) in [6, 6.07) is 18.0. The molecule has 1 unspecified atom stereocenters. The summed E-state index contributed by atoms with van der Waals surface area (Å²) >= 11 is 0. The average molecular weight is 773 g/mol. The highest BCUT2D eigenvalue weighted by Gasteiger charge is 2.41. The van der Waals surface area contributed by atoms with Crippen LogP contribution in [0.2, 0.25) is 0 Å². The van der Waals surface area contributed by atoms with Crippen LogP contribution in [0.4, 0.5) is 21.5 Å². The molecule has 4 aromatic rings. The second-order valence-electron chi connectivity index (χ2n) is 16.3. The highest BCUT2D eigenvalue weighted by atomic mass is 19.1. The van der Waals surface area contributed by atoms with E-state index in [1.807, 2.05) is 12.1 Å². The number of benzene rings is 3. The molecule has 4 fully saturated rings. The van der Waals surface area contributed by atoms with Crippen LogP contribution in [0, 0.1) is 23.1 Å². The van der Waals surface area contributed by atoms with Gasteiger partial charge < -0.3 is 29.3 Å². The van der Waals surface area contributed by atoms with Gasteiger partial charge in [0.2, 0.25) is 11.8 Å². The molecule has 5 aliphatic rings. The van der Waals surface area contributed by atoms with E-state index in [4.69, 9.17) is 4.74 Å². The number of hydrogen-bond acceptors (Lipinski definition) is 9. The largest absolute Gasteiger partial charge is 0.496 e. The van der Waals surface area contributed by atoms with E-state index in [2.05, 4.69) is 66.3 Å². The van der Waals surface area contributed by atoms with Crippen molar-refractivity contribution in [2.24, 2.45) is 5.92 Å². The number of nitrogens with one attached hydrogen (secondary N) is 2. The van der Waals surface area contributed by atoms with E-state index in [0.29, 0.717) is 52.6 Å². The molecule has 4 saturated heterocycles. The first-order valence-corrected chi connectivity index (χ1v) is 20.4. The number of carbonyl (C=O) groups excluding carboxylic acids is 3. The second-order valence-corrected chi connectivity index (χ2v) is 16.3. The molecule has 9 rings (SSSR count). The number of piperazine rings is 1. The van der Waals surface area contributed by atoms with Crippen LogP contribution in [0.5, 0.6) is 5.75 Å². The molecule has 5 aliphatic heterocycles. The molecule has 0 radical (unpaired) electrons. The van der Waals surface area contributed by atoms with Gasteiger partial charge in [0.25, 0.3) is 5.91 Å². The Balaban J connectivity index is 0.740. The summed E-state index contributed by atoms with van der Waals surface area (Å²) in [6.45, 7) is 9.06. The van der Waals surface area contributed by atoms with Crippen molar-refractivity contribution in [2.45, 2.75) is 57.0 Å². The van der Waals surface area contributed by atoms with Gasteiger partial charge in [-0.05, 0) is 85.4 Å². The maximum atomic E-state index is 14.5. The van der Waals surface area contributed by atoms with Crippen LogP contribution in [0.25, 0.3) is 10.9 Å². The number of methoxy groups -OCH3 is 1. The van der Waals surface area contributed by atoms with E-state index < -0.39 is 11.9 Å². The van der Waals surface area contributed by atoms with Crippen molar-refractivity contribution in [1.29, 1.82) is 5.26 Å². The molecule has 1 atom stereocenters. The zero-order chi connectivity index (χ0) is 39.2. The molecule has 2 N–H and O–H groups in total. The first-order valence-electron chi connectivity index (χ1n) is 20.4. The lowest BCUT2D eigenvalue weighted by Crippen LogP contribution is -2.52. The van der Waals surface area contributed by atoms with E-state index in [1.54, 1.807) is 18.2 Å². The van der Waals surface area contributed by atoms with Gasteiger partial charge in [-0.3, -0.25) is 24.6 Å². The SMILES string of the molecule is COc1cc(N2CCN(CC3CCN(c4ccc(C5CCN(c6ccc(F)c7c(C#N)c[nH]c67)CC5)cc4)CC3)CC2)cc2c1C(=O)N(C1CCC(=O)NC1=O)C2. The molecule has 296 valence electrons. The van der Waals surface area contributed by atoms with Gasteiger partial charge in [-0.2, -0.15) is 5.26 Å². The summed E-state index contributed by atoms with van der Waals surface area (Å²) in [5.74, 6) is 0.407. The summed E-state index contributed by atoms with van der Waals surface area (Å²) < 4.78 is 20.2. The van der Waals surface area contributed by atoms with Crippen molar-refractivity contribution >= 4 is 45.7 Å². The molecule has 3 aromatic carbocycles. The smallest absolute Gasteiger partial charge is 0.258 e. The van der Waals surface area contributed by atoms with E-state index >= 15 is 0 Å². The van der Waals surface area contributed by atoms with E-state index in [0.717, 1.165) is 88.7 Å². The molecule has 12 nitrogen and oxygen atoms in total. The summed E-state index contributed by atoms with van der Waals surface area (Å²) in [5.41, 5.74) is 7.10. The molecule has 0 bridgehead atoms. The minimum atomic E-state index is -0.651. The van der Waals surface area contributed by atoms with Crippen molar-refractivity contribution in [3.63, 3.8) is 0 Å². The number of halogens is 1. The van der Waals surface area contributed by atoms with Gasteiger partial charge in [0.1, 0.15) is 23.7 Å². The lowest BCUT2D eigenvalue weighted by Gasteiger charge is -2.40. The Morgan fingerprint density at radius 2 is 1.56 bits per heavy atom. The van der Waals surface area contributed by atoms with Crippen molar-refractivity contribution in [1.82, 2.24) is 20.1 Å². The van der Waals surface area contributed by atoms with Crippen molar-refractivity contribution in [3.8, 4) is 11.8 Å². The fourth-order valence-corrected chi connectivity index (χ4v) is 9.88. The fourth-order valence-electron chi connectivity index (χ4n) is 9.88. The van der Waals surface area contributed by atoms with Gasteiger partial charge in [-0.15, -0.1) is 0 Å². The van der Waals surface area contributed by atoms with Gasteiger partial charge in [-0.1, -0.05) is 12.1 Å². The molecular formula is C44H49FN8O4. The number of hydrogen-bond donors (Lipinski definition) is 2. The Kier molecular flexibility index (Phi) is 9.98. The van der Waals surface area contributed by atoms with Crippen LogP contribution in [-0.4, -0.2) is 105 Å². The average Bonchev–Trinajstić information content (AvgIpc) is 3.83. The Morgan fingerprint density at radius 3 is 2.26 bits per heavy atom. The number of imide groups is 1. The van der Waals surface area contributed by atoms with Gasteiger partial charge in [0, 0.05) is 95.5 Å². The molecule has 57 heavy (non-hydrogen) atoms. The van der Waals surface area contributed by atoms with Gasteiger partial charge in [-0.25, -0.2) is 4.39 Å². The first kappa shape index (κ1) is 37.0. The van der Waals surface area contributed by atoms with E-state index in [9.17, 15) is 24.0 Å². The topological polar surface area (TPSA) is 128 Å². The molecule has 0 aliphatic carbocycles. The summed E-state index contributed by atoms with van der Waals surface area (Å²) in [5, 5.41) is 12.2. The Labute approximate surface area is 332 Å².